The number of nitrogens with one attached hydrogen (secondary N) is 2. The summed E-state index contributed by atoms with van der Waals surface area (Å²) in [5.74, 6) is -2.05. The standard InChI is InChI=1S/C13H14F4N2O3S/c1-8(13(15,16)17)6-7-18-12(20)11-9(14)4-3-5-10(11)19-23(2,21)22/h3-5,19H,1,6-7H2,2H3,(H,18,20). The minimum Gasteiger partial charge on any atom is -0.352 e. The molecular formula is C13H14F4N2O3S. The number of anilines is 1. The van der Waals surface area contributed by atoms with Crippen LogP contribution in [0.25, 0.3) is 0 Å². The number of amides is 1. The number of rotatable bonds is 6. The molecule has 0 fully saturated rings. The van der Waals surface area contributed by atoms with Crippen molar-refractivity contribution in [1.29, 1.82) is 0 Å². The number of carbonyl (C=O) groups is 1. The van der Waals surface area contributed by atoms with Crippen LogP contribution in [0, 0.1) is 5.82 Å². The summed E-state index contributed by atoms with van der Waals surface area (Å²) in [5, 5.41) is 2.09. The zero-order valence-electron chi connectivity index (χ0n) is 12.0. The van der Waals surface area contributed by atoms with Crippen LogP contribution in [0.4, 0.5) is 23.2 Å². The van der Waals surface area contributed by atoms with Crippen molar-refractivity contribution >= 4 is 21.6 Å². The average Bonchev–Trinajstić information content (AvgIpc) is 2.35. The van der Waals surface area contributed by atoms with Crippen LogP contribution in [-0.2, 0) is 10.0 Å². The molecule has 0 heterocycles. The second kappa shape index (κ2) is 6.99. The molecule has 0 unspecified atom stereocenters. The van der Waals surface area contributed by atoms with Gasteiger partial charge in [-0.05, 0) is 18.6 Å². The van der Waals surface area contributed by atoms with E-state index in [2.05, 4.69) is 11.9 Å². The SMILES string of the molecule is C=C(CCNC(=O)c1c(F)cccc1NS(C)(=O)=O)C(F)(F)F. The van der Waals surface area contributed by atoms with Crippen molar-refractivity contribution in [2.24, 2.45) is 0 Å². The summed E-state index contributed by atoms with van der Waals surface area (Å²) in [7, 11) is -3.76. The quantitative estimate of drug-likeness (QED) is 0.609. The van der Waals surface area contributed by atoms with Gasteiger partial charge in [0.05, 0.1) is 17.5 Å². The third-order valence-corrected chi connectivity index (χ3v) is 3.24. The van der Waals surface area contributed by atoms with E-state index in [-0.39, 0.29) is 5.69 Å². The molecule has 0 bridgehead atoms. The fourth-order valence-corrected chi connectivity index (χ4v) is 2.17. The Labute approximate surface area is 130 Å². The van der Waals surface area contributed by atoms with E-state index in [1.54, 1.807) is 0 Å². The van der Waals surface area contributed by atoms with E-state index < -0.39 is 52.0 Å². The van der Waals surface area contributed by atoms with Crippen LogP contribution in [0.15, 0.2) is 30.4 Å². The fraction of sp³-hybridized carbons (Fsp3) is 0.308. The summed E-state index contributed by atoms with van der Waals surface area (Å²) < 4.78 is 74.9. The van der Waals surface area contributed by atoms with Crippen LogP contribution in [0.2, 0.25) is 0 Å². The van der Waals surface area contributed by atoms with Gasteiger partial charge in [-0.2, -0.15) is 13.2 Å². The Morgan fingerprint density at radius 1 is 1.30 bits per heavy atom. The molecule has 23 heavy (non-hydrogen) atoms. The highest BCUT2D eigenvalue weighted by Crippen LogP contribution is 2.26. The molecule has 10 heteroatoms. The molecule has 0 radical (unpaired) electrons. The molecule has 0 aromatic heterocycles. The first-order chi connectivity index (χ1) is 10.4. The van der Waals surface area contributed by atoms with Crippen LogP contribution >= 0.6 is 0 Å². The van der Waals surface area contributed by atoms with Crippen molar-refractivity contribution in [3.8, 4) is 0 Å². The van der Waals surface area contributed by atoms with Crippen LogP contribution in [0.5, 0.6) is 0 Å². The first kappa shape index (κ1) is 18.9. The lowest BCUT2D eigenvalue weighted by Gasteiger charge is -2.13. The predicted octanol–water partition coefficient (Wildman–Crippen LogP) is 2.44. The molecule has 0 aliphatic heterocycles. The summed E-state index contributed by atoms with van der Waals surface area (Å²) in [5.41, 5.74) is -1.95. The highest BCUT2D eigenvalue weighted by Gasteiger charge is 2.31. The maximum atomic E-state index is 13.8. The molecule has 2 N–H and O–H groups in total. The lowest BCUT2D eigenvalue weighted by atomic mass is 10.1. The molecule has 0 aliphatic carbocycles. The zero-order chi connectivity index (χ0) is 17.8. The lowest BCUT2D eigenvalue weighted by Crippen LogP contribution is -2.28. The molecule has 1 aromatic rings. The Kier molecular flexibility index (Phi) is 5.75. The highest BCUT2D eigenvalue weighted by atomic mass is 32.2. The van der Waals surface area contributed by atoms with Crippen LogP contribution in [-0.4, -0.2) is 33.3 Å². The molecule has 1 aromatic carbocycles. The molecule has 0 atom stereocenters. The van der Waals surface area contributed by atoms with E-state index in [1.807, 2.05) is 4.72 Å². The zero-order valence-corrected chi connectivity index (χ0v) is 12.8. The topological polar surface area (TPSA) is 75.3 Å². The first-order valence-electron chi connectivity index (χ1n) is 6.21. The highest BCUT2D eigenvalue weighted by molar-refractivity contribution is 7.92. The van der Waals surface area contributed by atoms with Crippen molar-refractivity contribution < 1.29 is 30.8 Å². The molecule has 5 nitrogen and oxygen atoms in total. The molecule has 128 valence electrons. The van der Waals surface area contributed by atoms with E-state index in [4.69, 9.17) is 0 Å². The molecule has 1 rings (SSSR count). The number of halogens is 4. The number of hydrogen-bond donors (Lipinski definition) is 2. The molecular weight excluding hydrogens is 340 g/mol. The smallest absolute Gasteiger partial charge is 0.352 e. The average molecular weight is 354 g/mol. The number of alkyl halides is 3. The molecule has 0 spiro atoms. The number of benzene rings is 1. The number of carbonyl (C=O) groups excluding carboxylic acids is 1. The van der Waals surface area contributed by atoms with Gasteiger partial charge in [0.2, 0.25) is 10.0 Å². The van der Waals surface area contributed by atoms with Crippen LogP contribution in [0.3, 0.4) is 0 Å². The van der Waals surface area contributed by atoms with Crippen molar-refractivity contribution in [1.82, 2.24) is 5.32 Å². The van der Waals surface area contributed by atoms with Crippen LogP contribution in [0.1, 0.15) is 16.8 Å². The second-order valence-corrected chi connectivity index (χ2v) is 6.39. The summed E-state index contributed by atoms with van der Waals surface area (Å²) in [6, 6.07) is 3.27. The van der Waals surface area contributed by atoms with E-state index in [0.717, 1.165) is 18.4 Å². The lowest BCUT2D eigenvalue weighted by molar-refractivity contribution is -0.0934. The van der Waals surface area contributed by atoms with Gasteiger partial charge in [0.25, 0.3) is 5.91 Å². The Balaban J connectivity index is 2.86. The summed E-state index contributed by atoms with van der Waals surface area (Å²) in [4.78, 5) is 11.9. The Morgan fingerprint density at radius 2 is 1.91 bits per heavy atom. The van der Waals surface area contributed by atoms with Gasteiger partial charge in [-0.3, -0.25) is 9.52 Å². The van der Waals surface area contributed by atoms with Gasteiger partial charge in [-0.1, -0.05) is 12.6 Å². The Morgan fingerprint density at radius 3 is 2.43 bits per heavy atom. The fourth-order valence-electron chi connectivity index (χ4n) is 1.60. The summed E-state index contributed by atoms with van der Waals surface area (Å²) in [6.45, 7) is 2.41. The van der Waals surface area contributed by atoms with Gasteiger partial charge in [0.1, 0.15) is 5.82 Å². The predicted molar refractivity (Wildman–Crippen MR) is 77.0 cm³/mol. The number of sulfonamides is 1. The molecule has 0 saturated heterocycles. The van der Waals surface area contributed by atoms with Gasteiger partial charge in [-0.25, -0.2) is 12.8 Å². The van der Waals surface area contributed by atoms with Crippen molar-refractivity contribution in [2.75, 3.05) is 17.5 Å². The second-order valence-electron chi connectivity index (χ2n) is 4.64. The van der Waals surface area contributed by atoms with Gasteiger partial charge >= 0.3 is 6.18 Å². The third-order valence-electron chi connectivity index (χ3n) is 2.65. The van der Waals surface area contributed by atoms with Crippen molar-refractivity contribution in [3.63, 3.8) is 0 Å². The Hall–Kier alpha value is -2.10. The normalized spacial score (nSPS) is 11.9. The van der Waals surface area contributed by atoms with Gasteiger partial charge in [0.15, 0.2) is 0 Å². The monoisotopic (exact) mass is 354 g/mol. The maximum Gasteiger partial charge on any atom is 0.412 e. The minimum atomic E-state index is -4.58. The minimum absolute atomic E-state index is 0.306. The summed E-state index contributed by atoms with van der Waals surface area (Å²) >= 11 is 0. The molecule has 0 aliphatic rings. The Bertz CT molecular complexity index is 714. The first-order valence-corrected chi connectivity index (χ1v) is 8.10. The number of hydrogen-bond acceptors (Lipinski definition) is 3. The molecule has 1 amide bonds. The van der Waals surface area contributed by atoms with Gasteiger partial charge in [-0.15, -0.1) is 0 Å². The van der Waals surface area contributed by atoms with E-state index in [9.17, 15) is 30.8 Å². The summed E-state index contributed by atoms with van der Waals surface area (Å²) in [6.07, 6.45) is -4.34. The van der Waals surface area contributed by atoms with Gasteiger partial charge < -0.3 is 5.32 Å². The largest absolute Gasteiger partial charge is 0.412 e. The molecule has 0 saturated carbocycles. The third kappa shape index (κ3) is 5.89. The maximum absolute atomic E-state index is 13.8. The van der Waals surface area contributed by atoms with Crippen molar-refractivity contribution in [2.45, 2.75) is 12.6 Å². The van der Waals surface area contributed by atoms with Gasteiger partial charge in [0, 0.05) is 12.1 Å². The van der Waals surface area contributed by atoms with E-state index in [1.165, 1.54) is 6.07 Å². The van der Waals surface area contributed by atoms with E-state index >= 15 is 0 Å². The van der Waals surface area contributed by atoms with Crippen molar-refractivity contribution in [3.05, 3.63) is 41.7 Å². The van der Waals surface area contributed by atoms with Crippen LogP contribution < -0.4 is 10.0 Å². The van der Waals surface area contributed by atoms with E-state index in [0.29, 0.717) is 0 Å².